The average molecular weight is 326 g/mol. The molecule has 1 unspecified atom stereocenters. The Kier molecular flexibility index (Phi) is 6.55. The van der Waals surface area contributed by atoms with Crippen molar-refractivity contribution in [1.82, 2.24) is 0 Å². The van der Waals surface area contributed by atoms with E-state index in [1.165, 1.54) is 6.92 Å². The van der Waals surface area contributed by atoms with Crippen molar-refractivity contribution >= 4 is 11.9 Å². The van der Waals surface area contributed by atoms with E-state index in [4.69, 9.17) is 4.74 Å². The van der Waals surface area contributed by atoms with Crippen LogP contribution in [0.2, 0.25) is 0 Å². The van der Waals surface area contributed by atoms with Crippen molar-refractivity contribution in [2.45, 2.75) is 32.3 Å². The number of carboxylic acids is 1. The second kappa shape index (κ2) is 8.87. The van der Waals surface area contributed by atoms with Gasteiger partial charge in [0.25, 0.3) is 0 Å². The minimum Gasteiger partial charge on any atom is -0.481 e. The van der Waals surface area contributed by atoms with Crippen molar-refractivity contribution in [2.24, 2.45) is 5.92 Å². The summed E-state index contributed by atoms with van der Waals surface area (Å²) in [5.74, 6) is -1.52. The first-order valence-electron chi connectivity index (χ1n) is 8.01. The van der Waals surface area contributed by atoms with Crippen LogP contribution in [0.1, 0.15) is 24.5 Å². The number of carboxylic acid groups (broad SMARTS) is 1. The van der Waals surface area contributed by atoms with Gasteiger partial charge in [0, 0.05) is 12.8 Å². The van der Waals surface area contributed by atoms with Crippen LogP contribution in [0, 0.1) is 5.92 Å². The van der Waals surface area contributed by atoms with Crippen LogP contribution in [-0.2, 0) is 27.2 Å². The van der Waals surface area contributed by atoms with Gasteiger partial charge in [0.2, 0.25) is 0 Å². The summed E-state index contributed by atoms with van der Waals surface area (Å²) in [5, 5.41) is 9.19. The lowest BCUT2D eigenvalue weighted by Crippen LogP contribution is -2.31. The van der Waals surface area contributed by atoms with Crippen LogP contribution in [-0.4, -0.2) is 23.1 Å². The van der Waals surface area contributed by atoms with Gasteiger partial charge in [-0.05, 0) is 24.0 Å². The van der Waals surface area contributed by atoms with E-state index in [0.29, 0.717) is 12.8 Å². The van der Waals surface area contributed by atoms with E-state index in [2.05, 4.69) is 0 Å². The van der Waals surface area contributed by atoms with Gasteiger partial charge in [-0.25, -0.2) is 0 Å². The Morgan fingerprint density at radius 2 is 1.38 bits per heavy atom. The number of esters is 1. The lowest BCUT2D eigenvalue weighted by molar-refractivity contribution is -0.153. The zero-order valence-corrected chi connectivity index (χ0v) is 13.7. The van der Waals surface area contributed by atoms with Crippen LogP contribution < -0.4 is 0 Å². The second-order valence-corrected chi connectivity index (χ2v) is 5.89. The number of carbonyl (C=O) groups excluding carboxylic acids is 1. The molecule has 0 aliphatic heterocycles. The average Bonchev–Trinajstić information content (AvgIpc) is 2.55. The molecule has 126 valence electrons. The number of ether oxygens (including phenoxy) is 1. The Morgan fingerprint density at radius 3 is 1.75 bits per heavy atom. The second-order valence-electron chi connectivity index (χ2n) is 5.89. The van der Waals surface area contributed by atoms with Gasteiger partial charge in [-0.1, -0.05) is 60.7 Å². The number of hydrogen-bond donors (Lipinski definition) is 1. The highest BCUT2D eigenvalue weighted by molar-refractivity contribution is 5.69. The fraction of sp³-hybridized carbons (Fsp3) is 0.300. The fourth-order valence-corrected chi connectivity index (χ4v) is 2.86. The molecule has 0 radical (unpaired) electrons. The van der Waals surface area contributed by atoms with E-state index >= 15 is 0 Å². The van der Waals surface area contributed by atoms with Crippen molar-refractivity contribution in [3.8, 4) is 0 Å². The van der Waals surface area contributed by atoms with Gasteiger partial charge < -0.3 is 9.84 Å². The monoisotopic (exact) mass is 326 g/mol. The molecule has 0 heterocycles. The first-order valence-corrected chi connectivity index (χ1v) is 8.01. The summed E-state index contributed by atoms with van der Waals surface area (Å²) in [6.07, 6.45) is 0.465. The molecule has 0 amide bonds. The summed E-state index contributed by atoms with van der Waals surface area (Å²) in [6.45, 7) is 1.32. The smallest absolute Gasteiger partial charge is 0.307 e. The first-order chi connectivity index (χ1) is 11.5. The first kappa shape index (κ1) is 17.7. The topological polar surface area (TPSA) is 63.6 Å². The summed E-state index contributed by atoms with van der Waals surface area (Å²) in [7, 11) is 0. The number of carbonyl (C=O) groups is 2. The molecule has 0 saturated heterocycles. The van der Waals surface area contributed by atoms with Gasteiger partial charge in [0.05, 0.1) is 6.42 Å². The highest BCUT2D eigenvalue weighted by atomic mass is 16.5. The SMILES string of the molecule is CC(=O)OC(CC(=O)O)C(Cc1ccccc1)Cc1ccccc1. The molecular weight excluding hydrogens is 304 g/mol. The predicted octanol–water partition coefficient (Wildman–Crippen LogP) is 3.49. The predicted molar refractivity (Wildman–Crippen MR) is 91.6 cm³/mol. The van der Waals surface area contributed by atoms with Crippen molar-refractivity contribution in [2.75, 3.05) is 0 Å². The Morgan fingerprint density at radius 1 is 0.917 bits per heavy atom. The summed E-state index contributed by atoms with van der Waals surface area (Å²) < 4.78 is 5.35. The molecular formula is C20H22O4. The third-order valence-electron chi connectivity index (χ3n) is 3.90. The quantitative estimate of drug-likeness (QED) is 0.754. The summed E-state index contributed by atoms with van der Waals surface area (Å²) in [6, 6.07) is 19.7. The Hall–Kier alpha value is -2.62. The van der Waals surface area contributed by atoms with Gasteiger partial charge in [-0.2, -0.15) is 0 Å². The molecule has 0 aliphatic rings. The molecule has 0 spiro atoms. The van der Waals surface area contributed by atoms with E-state index in [1.807, 2.05) is 60.7 Å². The normalized spacial score (nSPS) is 11.9. The van der Waals surface area contributed by atoms with Crippen molar-refractivity contribution in [3.05, 3.63) is 71.8 Å². The molecule has 0 saturated carbocycles. The maximum Gasteiger partial charge on any atom is 0.307 e. The molecule has 1 N–H and O–H groups in total. The molecule has 2 rings (SSSR count). The van der Waals surface area contributed by atoms with E-state index in [1.54, 1.807) is 0 Å². The summed E-state index contributed by atoms with van der Waals surface area (Å²) >= 11 is 0. The van der Waals surface area contributed by atoms with Gasteiger partial charge in [-0.15, -0.1) is 0 Å². The van der Waals surface area contributed by atoms with Crippen LogP contribution >= 0.6 is 0 Å². The van der Waals surface area contributed by atoms with E-state index in [0.717, 1.165) is 11.1 Å². The maximum absolute atomic E-state index is 11.4. The standard InChI is InChI=1S/C20H22O4/c1-15(21)24-19(14-20(22)23)18(12-16-8-4-2-5-9-16)13-17-10-6-3-7-11-17/h2-11,18-19H,12-14H2,1H3,(H,22,23). The highest BCUT2D eigenvalue weighted by Crippen LogP contribution is 2.23. The fourth-order valence-electron chi connectivity index (χ4n) is 2.86. The number of benzene rings is 2. The molecule has 2 aromatic carbocycles. The van der Waals surface area contributed by atoms with E-state index in [-0.39, 0.29) is 12.3 Å². The molecule has 4 heteroatoms. The van der Waals surface area contributed by atoms with Crippen molar-refractivity contribution in [1.29, 1.82) is 0 Å². The minimum absolute atomic E-state index is 0.102. The van der Waals surface area contributed by atoms with Crippen LogP contribution in [0.5, 0.6) is 0 Å². The van der Waals surface area contributed by atoms with Gasteiger partial charge in [0.15, 0.2) is 0 Å². The minimum atomic E-state index is -0.965. The third kappa shape index (κ3) is 5.88. The molecule has 0 fully saturated rings. The number of rotatable bonds is 8. The van der Waals surface area contributed by atoms with Crippen LogP contribution in [0.3, 0.4) is 0 Å². The van der Waals surface area contributed by atoms with Gasteiger partial charge >= 0.3 is 11.9 Å². The molecule has 0 aromatic heterocycles. The van der Waals surface area contributed by atoms with E-state index in [9.17, 15) is 14.7 Å². The largest absolute Gasteiger partial charge is 0.481 e. The van der Waals surface area contributed by atoms with Crippen LogP contribution in [0.4, 0.5) is 0 Å². The molecule has 24 heavy (non-hydrogen) atoms. The zero-order valence-electron chi connectivity index (χ0n) is 13.7. The molecule has 0 bridgehead atoms. The Labute approximate surface area is 142 Å². The number of aliphatic carboxylic acids is 1. The Bertz CT molecular complexity index is 594. The summed E-state index contributed by atoms with van der Waals surface area (Å²) in [5.41, 5.74) is 2.20. The summed E-state index contributed by atoms with van der Waals surface area (Å²) in [4.78, 5) is 22.6. The van der Waals surface area contributed by atoms with Gasteiger partial charge in [-0.3, -0.25) is 9.59 Å². The lowest BCUT2D eigenvalue weighted by atomic mass is 9.86. The van der Waals surface area contributed by atoms with E-state index < -0.39 is 18.0 Å². The lowest BCUT2D eigenvalue weighted by Gasteiger charge is -2.26. The third-order valence-corrected chi connectivity index (χ3v) is 3.90. The van der Waals surface area contributed by atoms with Crippen LogP contribution in [0.25, 0.3) is 0 Å². The molecule has 1 atom stereocenters. The molecule has 4 nitrogen and oxygen atoms in total. The van der Waals surface area contributed by atoms with Gasteiger partial charge in [0.1, 0.15) is 6.10 Å². The van der Waals surface area contributed by atoms with Crippen molar-refractivity contribution in [3.63, 3.8) is 0 Å². The molecule has 2 aromatic rings. The van der Waals surface area contributed by atoms with Crippen LogP contribution in [0.15, 0.2) is 60.7 Å². The van der Waals surface area contributed by atoms with Crippen molar-refractivity contribution < 1.29 is 19.4 Å². The highest BCUT2D eigenvalue weighted by Gasteiger charge is 2.27. The maximum atomic E-state index is 11.4. The number of hydrogen-bond acceptors (Lipinski definition) is 3. The molecule has 0 aliphatic carbocycles. The Balaban J connectivity index is 2.24. The zero-order chi connectivity index (χ0) is 17.4.